The normalized spacial score (nSPS) is 13.2. The lowest BCUT2D eigenvalue weighted by atomic mass is 10.0. The van der Waals surface area contributed by atoms with Crippen LogP contribution in [0.4, 0.5) is 10.1 Å². The molecule has 3 heterocycles. The molecule has 1 aliphatic heterocycles. The van der Waals surface area contributed by atoms with Gasteiger partial charge in [0.05, 0.1) is 12.9 Å². The largest absolute Gasteiger partial charge is 0.351 e. The van der Waals surface area contributed by atoms with E-state index in [9.17, 15) is 14.0 Å². The van der Waals surface area contributed by atoms with Crippen LogP contribution >= 0.6 is 0 Å². The van der Waals surface area contributed by atoms with E-state index in [-0.39, 0.29) is 24.6 Å². The summed E-state index contributed by atoms with van der Waals surface area (Å²) in [5, 5.41) is 6.84. The molecule has 1 amide bonds. The molecule has 0 atom stereocenters. The van der Waals surface area contributed by atoms with Crippen LogP contribution in [-0.2, 0) is 17.8 Å². The molecular formula is C22H19FN6O2. The van der Waals surface area contributed by atoms with Crippen LogP contribution in [0.1, 0.15) is 23.2 Å². The SMILES string of the molecule is NC/C(=C\F)Cn1ncn(-c2cccc(C#Cc3ccc4c(c3)CCC(=O)N4)n2)c1=O. The van der Waals surface area contributed by atoms with Gasteiger partial charge in [-0.05, 0) is 53.8 Å². The lowest BCUT2D eigenvalue weighted by Gasteiger charge is -2.16. The fraction of sp³-hybridized carbons (Fsp3) is 0.182. The van der Waals surface area contributed by atoms with Gasteiger partial charge in [0.1, 0.15) is 17.8 Å². The van der Waals surface area contributed by atoms with Gasteiger partial charge < -0.3 is 11.1 Å². The molecule has 1 aliphatic rings. The number of anilines is 1. The van der Waals surface area contributed by atoms with E-state index >= 15 is 0 Å². The second-order valence-electron chi connectivity index (χ2n) is 6.96. The number of aryl methyl sites for hydroxylation is 1. The smallest absolute Gasteiger partial charge is 0.327 e. The zero-order valence-corrected chi connectivity index (χ0v) is 16.5. The molecule has 0 aliphatic carbocycles. The van der Waals surface area contributed by atoms with Crippen LogP contribution in [0, 0.1) is 11.8 Å². The van der Waals surface area contributed by atoms with Crippen LogP contribution in [0.25, 0.3) is 5.82 Å². The standard InChI is InChI=1S/C22H19FN6O2/c23-11-16(12-24)13-29-22(31)28(14-25-29)20-3-1-2-18(26-20)7-4-15-5-8-19-17(10-15)6-9-21(30)27-19/h1-3,5,8,10-11,14H,6,9,12-13,24H2,(H,27,30)/b16-11+. The maximum absolute atomic E-state index is 12.8. The molecule has 0 unspecified atom stereocenters. The number of halogens is 1. The third-order valence-corrected chi connectivity index (χ3v) is 4.82. The summed E-state index contributed by atoms with van der Waals surface area (Å²) in [7, 11) is 0. The molecule has 0 spiro atoms. The Morgan fingerprint density at radius 2 is 2.10 bits per heavy atom. The average molecular weight is 418 g/mol. The Hall–Kier alpha value is -4.03. The third kappa shape index (κ3) is 4.44. The maximum atomic E-state index is 12.8. The first-order valence-electron chi connectivity index (χ1n) is 9.62. The molecule has 1 aromatic carbocycles. The summed E-state index contributed by atoms with van der Waals surface area (Å²) in [5.41, 5.74) is 8.39. The molecule has 3 N–H and O–H groups in total. The average Bonchev–Trinajstić information content (AvgIpc) is 3.16. The predicted molar refractivity (Wildman–Crippen MR) is 113 cm³/mol. The number of benzene rings is 1. The molecule has 0 radical (unpaired) electrons. The number of amides is 1. The molecule has 3 aromatic rings. The first kappa shape index (κ1) is 20.3. The highest BCUT2D eigenvalue weighted by atomic mass is 19.1. The van der Waals surface area contributed by atoms with E-state index in [0.29, 0.717) is 30.7 Å². The summed E-state index contributed by atoms with van der Waals surface area (Å²) in [6.07, 6.45) is 2.85. The van der Waals surface area contributed by atoms with Crippen LogP contribution in [-0.4, -0.2) is 31.8 Å². The van der Waals surface area contributed by atoms with Gasteiger partial charge in [-0.25, -0.2) is 23.4 Å². The second kappa shape index (κ2) is 8.77. The van der Waals surface area contributed by atoms with Crippen molar-refractivity contribution in [2.75, 3.05) is 11.9 Å². The number of aromatic nitrogens is 4. The minimum absolute atomic E-state index is 0.00577. The third-order valence-electron chi connectivity index (χ3n) is 4.82. The van der Waals surface area contributed by atoms with Gasteiger partial charge in [0.25, 0.3) is 0 Å². The fourth-order valence-electron chi connectivity index (χ4n) is 3.16. The lowest BCUT2D eigenvalue weighted by molar-refractivity contribution is -0.116. The molecule has 0 bridgehead atoms. The van der Waals surface area contributed by atoms with E-state index in [1.165, 1.54) is 10.9 Å². The highest BCUT2D eigenvalue weighted by Crippen LogP contribution is 2.23. The topological polar surface area (TPSA) is 108 Å². The van der Waals surface area contributed by atoms with Crippen LogP contribution < -0.4 is 16.7 Å². The van der Waals surface area contributed by atoms with Gasteiger partial charge in [0, 0.05) is 24.2 Å². The molecule has 0 saturated carbocycles. The Morgan fingerprint density at radius 1 is 1.23 bits per heavy atom. The van der Waals surface area contributed by atoms with E-state index in [2.05, 4.69) is 27.2 Å². The van der Waals surface area contributed by atoms with Crippen molar-refractivity contribution in [2.45, 2.75) is 19.4 Å². The number of nitrogens with one attached hydrogen (secondary N) is 1. The van der Waals surface area contributed by atoms with E-state index in [1.54, 1.807) is 18.2 Å². The van der Waals surface area contributed by atoms with Crippen molar-refractivity contribution < 1.29 is 9.18 Å². The molecule has 156 valence electrons. The van der Waals surface area contributed by atoms with E-state index < -0.39 is 5.69 Å². The van der Waals surface area contributed by atoms with E-state index in [1.807, 2.05) is 18.2 Å². The molecule has 31 heavy (non-hydrogen) atoms. The summed E-state index contributed by atoms with van der Waals surface area (Å²) in [5.74, 6) is 6.44. The molecule has 0 fully saturated rings. The van der Waals surface area contributed by atoms with Crippen molar-refractivity contribution in [2.24, 2.45) is 5.73 Å². The van der Waals surface area contributed by atoms with Crippen molar-refractivity contribution in [3.8, 4) is 17.7 Å². The number of carbonyl (C=O) groups excluding carboxylic acids is 1. The number of rotatable bonds is 4. The Balaban J connectivity index is 1.58. The molecule has 0 saturated heterocycles. The summed E-state index contributed by atoms with van der Waals surface area (Å²) in [4.78, 5) is 28.4. The number of nitrogens with two attached hydrogens (primary N) is 1. The minimum Gasteiger partial charge on any atom is -0.327 e. The zero-order chi connectivity index (χ0) is 21.8. The van der Waals surface area contributed by atoms with Gasteiger partial charge in [-0.1, -0.05) is 12.0 Å². The quantitative estimate of drug-likeness (QED) is 0.625. The molecule has 9 heteroatoms. The molecule has 8 nitrogen and oxygen atoms in total. The second-order valence-corrected chi connectivity index (χ2v) is 6.96. The lowest BCUT2D eigenvalue weighted by Crippen LogP contribution is -2.26. The van der Waals surface area contributed by atoms with Crippen LogP contribution in [0.15, 0.2) is 59.4 Å². The first-order valence-corrected chi connectivity index (χ1v) is 9.62. The maximum Gasteiger partial charge on any atom is 0.351 e. The summed E-state index contributed by atoms with van der Waals surface area (Å²) >= 11 is 0. The van der Waals surface area contributed by atoms with Gasteiger partial charge in [-0.15, -0.1) is 0 Å². The zero-order valence-electron chi connectivity index (χ0n) is 16.5. The van der Waals surface area contributed by atoms with E-state index in [0.717, 1.165) is 21.5 Å². The van der Waals surface area contributed by atoms with E-state index in [4.69, 9.17) is 5.73 Å². The van der Waals surface area contributed by atoms with Crippen molar-refractivity contribution in [1.29, 1.82) is 0 Å². The van der Waals surface area contributed by atoms with Crippen LogP contribution in [0.3, 0.4) is 0 Å². The van der Waals surface area contributed by atoms with Crippen molar-refractivity contribution >= 4 is 11.6 Å². The van der Waals surface area contributed by atoms with Crippen molar-refractivity contribution in [3.63, 3.8) is 0 Å². The number of fused-ring (bicyclic) bond motifs is 1. The number of pyridine rings is 1. The van der Waals surface area contributed by atoms with Crippen molar-refractivity contribution in [3.05, 3.63) is 81.9 Å². The van der Waals surface area contributed by atoms with Gasteiger partial charge >= 0.3 is 5.69 Å². The molecule has 4 rings (SSSR count). The number of hydrogen-bond acceptors (Lipinski definition) is 5. The number of nitrogens with zero attached hydrogens (tertiary/aromatic N) is 4. The number of hydrogen-bond donors (Lipinski definition) is 2. The van der Waals surface area contributed by atoms with Gasteiger partial charge in [-0.3, -0.25) is 4.79 Å². The van der Waals surface area contributed by atoms with Gasteiger partial charge in [0.2, 0.25) is 5.91 Å². The minimum atomic E-state index is -0.456. The van der Waals surface area contributed by atoms with Crippen LogP contribution in [0.2, 0.25) is 0 Å². The van der Waals surface area contributed by atoms with Crippen LogP contribution in [0.5, 0.6) is 0 Å². The number of carbonyl (C=O) groups is 1. The van der Waals surface area contributed by atoms with Crippen molar-refractivity contribution in [1.82, 2.24) is 19.3 Å². The molecular weight excluding hydrogens is 399 g/mol. The Labute approximate surface area is 177 Å². The highest BCUT2D eigenvalue weighted by molar-refractivity contribution is 5.94. The Kier molecular flexibility index (Phi) is 5.73. The highest BCUT2D eigenvalue weighted by Gasteiger charge is 2.14. The van der Waals surface area contributed by atoms with Gasteiger partial charge in [-0.2, -0.15) is 5.10 Å². The van der Waals surface area contributed by atoms with Gasteiger partial charge in [0.15, 0.2) is 0 Å². The fourth-order valence-corrected chi connectivity index (χ4v) is 3.16. The first-order chi connectivity index (χ1) is 15.1. The Morgan fingerprint density at radius 3 is 2.90 bits per heavy atom. The molecule has 2 aromatic heterocycles. The monoisotopic (exact) mass is 418 g/mol. The predicted octanol–water partition coefficient (Wildman–Crippen LogP) is 1.53. The Bertz CT molecular complexity index is 1300. The summed E-state index contributed by atoms with van der Waals surface area (Å²) < 4.78 is 15.1. The summed E-state index contributed by atoms with van der Waals surface area (Å²) in [6.45, 7) is -0.0364. The summed E-state index contributed by atoms with van der Waals surface area (Å²) in [6, 6.07) is 10.8.